The van der Waals surface area contributed by atoms with Crippen molar-refractivity contribution in [2.75, 3.05) is 17.5 Å². The van der Waals surface area contributed by atoms with Crippen LogP contribution in [0.15, 0.2) is 77.7 Å². The highest BCUT2D eigenvalue weighted by Gasteiger charge is 2.36. The largest absolute Gasteiger partial charge is 0.486 e. The van der Waals surface area contributed by atoms with Crippen molar-refractivity contribution in [1.29, 1.82) is 0 Å². The van der Waals surface area contributed by atoms with Crippen LogP contribution in [-0.2, 0) is 16.4 Å². The second-order valence-electron chi connectivity index (χ2n) is 8.22. The number of para-hydroxylation sites is 3. The first-order valence-corrected chi connectivity index (χ1v) is 12.3. The zero-order valence-electron chi connectivity index (χ0n) is 18.1. The number of sulfonamides is 1. The Kier molecular flexibility index (Phi) is 5.46. The van der Waals surface area contributed by atoms with E-state index < -0.39 is 10.0 Å². The molecule has 7 nitrogen and oxygen atoms in total. The van der Waals surface area contributed by atoms with Gasteiger partial charge < -0.3 is 14.8 Å². The summed E-state index contributed by atoms with van der Waals surface area (Å²) in [5.74, 6) is 0.941. The maximum absolute atomic E-state index is 13.5. The predicted molar refractivity (Wildman–Crippen MR) is 124 cm³/mol. The van der Waals surface area contributed by atoms with Crippen molar-refractivity contribution >= 4 is 21.6 Å². The van der Waals surface area contributed by atoms with Crippen LogP contribution in [0, 0.1) is 0 Å². The third-order valence-electron chi connectivity index (χ3n) is 5.86. The molecule has 3 aromatic carbocycles. The number of rotatable bonds is 5. The van der Waals surface area contributed by atoms with Crippen LogP contribution in [0.4, 0.5) is 5.69 Å². The lowest BCUT2D eigenvalue weighted by Gasteiger charge is -2.26. The smallest absolute Gasteiger partial charge is 0.264 e. The number of fused-ring (bicyclic) bond motifs is 2. The summed E-state index contributed by atoms with van der Waals surface area (Å²) in [7, 11) is -3.82. The van der Waals surface area contributed by atoms with E-state index in [2.05, 4.69) is 5.32 Å². The molecule has 2 atom stereocenters. The molecule has 0 unspecified atom stereocenters. The summed E-state index contributed by atoms with van der Waals surface area (Å²) >= 11 is 0. The van der Waals surface area contributed by atoms with Gasteiger partial charge in [-0.15, -0.1) is 0 Å². The number of carbonyl (C=O) groups excluding carboxylic acids is 1. The number of hydrogen-bond donors (Lipinski definition) is 1. The molecule has 1 N–H and O–H groups in total. The average molecular weight is 465 g/mol. The molecule has 5 rings (SSSR count). The van der Waals surface area contributed by atoms with Gasteiger partial charge in [-0.05, 0) is 55.3 Å². The number of hydrogen-bond acceptors (Lipinski definition) is 5. The molecule has 0 aromatic heterocycles. The van der Waals surface area contributed by atoms with Crippen molar-refractivity contribution in [2.24, 2.45) is 0 Å². The summed E-state index contributed by atoms with van der Waals surface area (Å²) in [5.41, 5.74) is 1.96. The summed E-state index contributed by atoms with van der Waals surface area (Å²) in [6.45, 7) is 2.44. The highest BCUT2D eigenvalue weighted by Crippen LogP contribution is 2.36. The molecule has 2 aliphatic rings. The fraction of sp³-hybridized carbons (Fsp3) is 0.240. The number of amides is 1. The molecule has 2 aliphatic heterocycles. The SMILES string of the molecule is C[C@H]1Cc2ccccc2N1S(=O)(=O)c1cccc(C(=O)NC[C@@H]2COc3ccccc3O2)c1. The van der Waals surface area contributed by atoms with Gasteiger partial charge in [0.1, 0.15) is 12.7 Å². The summed E-state index contributed by atoms with van der Waals surface area (Å²) in [5, 5.41) is 2.82. The van der Waals surface area contributed by atoms with Gasteiger partial charge in [-0.2, -0.15) is 0 Å². The lowest BCUT2D eigenvalue weighted by atomic mass is 10.1. The number of nitrogens with zero attached hydrogens (tertiary/aromatic N) is 1. The van der Waals surface area contributed by atoms with Crippen molar-refractivity contribution < 1.29 is 22.7 Å². The van der Waals surface area contributed by atoms with Gasteiger partial charge in [0, 0.05) is 11.6 Å². The molecular weight excluding hydrogens is 440 g/mol. The van der Waals surface area contributed by atoms with Crippen LogP contribution in [0.2, 0.25) is 0 Å². The van der Waals surface area contributed by atoms with Gasteiger partial charge in [0.05, 0.1) is 17.1 Å². The third kappa shape index (κ3) is 4.02. The molecule has 3 aromatic rings. The highest BCUT2D eigenvalue weighted by atomic mass is 32.2. The quantitative estimate of drug-likeness (QED) is 0.626. The minimum absolute atomic E-state index is 0.0879. The molecule has 8 heteroatoms. The van der Waals surface area contributed by atoms with Gasteiger partial charge >= 0.3 is 0 Å². The topological polar surface area (TPSA) is 84.9 Å². The van der Waals surface area contributed by atoms with Crippen LogP contribution < -0.4 is 19.1 Å². The monoisotopic (exact) mass is 464 g/mol. The number of anilines is 1. The number of nitrogens with one attached hydrogen (secondary N) is 1. The molecule has 0 spiro atoms. The molecular formula is C25H24N2O5S. The minimum Gasteiger partial charge on any atom is -0.486 e. The van der Waals surface area contributed by atoms with Crippen LogP contribution >= 0.6 is 0 Å². The highest BCUT2D eigenvalue weighted by molar-refractivity contribution is 7.92. The molecule has 0 saturated carbocycles. The Hall–Kier alpha value is -3.52. The van der Waals surface area contributed by atoms with E-state index in [1.807, 2.05) is 55.5 Å². The molecule has 0 saturated heterocycles. The van der Waals surface area contributed by atoms with Gasteiger partial charge in [-0.25, -0.2) is 8.42 Å². The zero-order valence-corrected chi connectivity index (χ0v) is 18.9. The first-order valence-electron chi connectivity index (χ1n) is 10.8. The molecule has 1 amide bonds. The molecule has 0 bridgehead atoms. The van der Waals surface area contributed by atoms with E-state index in [1.54, 1.807) is 12.1 Å². The predicted octanol–water partition coefficient (Wildman–Crippen LogP) is 3.40. The molecule has 2 heterocycles. The van der Waals surface area contributed by atoms with Gasteiger partial charge in [0.25, 0.3) is 15.9 Å². The first kappa shape index (κ1) is 21.3. The van der Waals surface area contributed by atoms with Crippen molar-refractivity contribution in [2.45, 2.75) is 30.4 Å². The Balaban J connectivity index is 1.31. The van der Waals surface area contributed by atoms with Gasteiger partial charge in [-0.1, -0.05) is 36.4 Å². The van der Waals surface area contributed by atoms with E-state index in [4.69, 9.17) is 9.47 Å². The summed E-state index contributed by atoms with van der Waals surface area (Å²) < 4.78 is 39.9. The number of carbonyl (C=O) groups is 1. The normalized spacial score (nSPS) is 19.1. The Morgan fingerprint density at radius 1 is 1.03 bits per heavy atom. The Labute approximate surface area is 193 Å². The van der Waals surface area contributed by atoms with E-state index in [0.717, 1.165) is 5.56 Å². The van der Waals surface area contributed by atoms with Crippen LogP contribution in [0.1, 0.15) is 22.8 Å². The van der Waals surface area contributed by atoms with Crippen molar-refractivity contribution in [1.82, 2.24) is 5.32 Å². The van der Waals surface area contributed by atoms with E-state index >= 15 is 0 Å². The Morgan fingerprint density at radius 3 is 2.64 bits per heavy atom. The molecule has 0 fully saturated rings. The second kappa shape index (κ2) is 8.44. The lowest BCUT2D eigenvalue weighted by Crippen LogP contribution is -2.40. The van der Waals surface area contributed by atoms with Crippen LogP contribution in [0.3, 0.4) is 0 Å². The summed E-state index contributed by atoms with van der Waals surface area (Å²) in [4.78, 5) is 12.9. The van der Waals surface area contributed by atoms with E-state index in [1.165, 1.54) is 16.4 Å². The van der Waals surface area contributed by atoms with Gasteiger partial charge in [0.2, 0.25) is 0 Å². The maximum atomic E-state index is 13.5. The number of ether oxygens (including phenoxy) is 2. The fourth-order valence-corrected chi connectivity index (χ4v) is 6.03. The third-order valence-corrected chi connectivity index (χ3v) is 7.78. The average Bonchev–Trinajstić information content (AvgIpc) is 3.19. The van der Waals surface area contributed by atoms with Crippen LogP contribution in [0.25, 0.3) is 0 Å². The first-order chi connectivity index (χ1) is 15.9. The van der Waals surface area contributed by atoms with Crippen LogP contribution in [-0.4, -0.2) is 39.6 Å². The summed E-state index contributed by atoms with van der Waals surface area (Å²) in [6.07, 6.45) is 0.319. The van der Waals surface area contributed by atoms with E-state index in [-0.39, 0.29) is 35.1 Å². The number of benzene rings is 3. The summed E-state index contributed by atoms with van der Waals surface area (Å²) in [6, 6.07) is 20.8. The minimum atomic E-state index is -3.82. The van der Waals surface area contributed by atoms with E-state index in [9.17, 15) is 13.2 Å². The van der Waals surface area contributed by atoms with Crippen molar-refractivity contribution in [3.63, 3.8) is 0 Å². The van der Waals surface area contributed by atoms with Crippen LogP contribution in [0.5, 0.6) is 11.5 Å². The van der Waals surface area contributed by atoms with Crippen molar-refractivity contribution in [3.8, 4) is 11.5 Å². The van der Waals surface area contributed by atoms with Crippen molar-refractivity contribution in [3.05, 3.63) is 83.9 Å². The Morgan fingerprint density at radius 2 is 1.79 bits per heavy atom. The molecule has 170 valence electrons. The standard InChI is InChI=1S/C25H24N2O5S/c1-17-13-18-7-2-3-10-22(18)27(17)33(29,30)21-9-6-8-19(14-21)25(28)26-15-20-16-31-23-11-4-5-12-24(23)32-20/h2-12,14,17,20H,13,15-16H2,1H3,(H,26,28)/t17-,20+/m0/s1. The van der Waals surface area contributed by atoms with E-state index in [0.29, 0.717) is 30.2 Å². The second-order valence-corrected chi connectivity index (χ2v) is 10.0. The Bertz CT molecular complexity index is 1310. The van der Waals surface area contributed by atoms with Gasteiger partial charge in [0.15, 0.2) is 11.5 Å². The molecule has 0 aliphatic carbocycles. The zero-order chi connectivity index (χ0) is 23.0. The maximum Gasteiger partial charge on any atom is 0.264 e. The van der Waals surface area contributed by atoms with Gasteiger partial charge in [-0.3, -0.25) is 9.10 Å². The lowest BCUT2D eigenvalue weighted by molar-refractivity contribution is 0.0789. The molecule has 0 radical (unpaired) electrons. The molecule has 33 heavy (non-hydrogen) atoms. The fourth-order valence-electron chi connectivity index (χ4n) is 4.29.